The Morgan fingerprint density at radius 1 is 1.48 bits per heavy atom. The fourth-order valence-corrected chi connectivity index (χ4v) is 2.97. The molecule has 1 aromatic rings. The van der Waals surface area contributed by atoms with E-state index in [0.717, 1.165) is 0 Å². The molecule has 7 nitrogen and oxygen atoms in total. The number of allylic oxidation sites excluding steroid dienone is 2. The molecule has 0 saturated heterocycles. The first-order chi connectivity index (χ1) is 13.5. The van der Waals surface area contributed by atoms with Gasteiger partial charge >= 0.3 is 6.18 Å². The van der Waals surface area contributed by atoms with Gasteiger partial charge in [0, 0.05) is 24.2 Å². The fraction of sp³-hybridized carbons (Fsp3) is 0.474. The highest BCUT2D eigenvalue weighted by Crippen LogP contribution is 2.42. The third-order valence-electron chi connectivity index (χ3n) is 5.12. The van der Waals surface area contributed by atoms with Gasteiger partial charge in [-0.3, -0.25) is 0 Å². The first-order valence-corrected chi connectivity index (χ1v) is 8.93. The Morgan fingerprint density at radius 2 is 2.17 bits per heavy atom. The van der Waals surface area contributed by atoms with Crippen molar-refractivity contribution in [1.29, 1.82) is 10.7 Å². The molecule has 2 atom stereocenters. The topological polar surface area (TPSA) is 118 Å². The van der Waals surface area contributed by atoms with Crippen molar-refractivity contribution in [2.24, 2.45) is 5.41 Å². The lowest BCUT2D eigenvalue weighted by atomic mass is 9.64. The Hall–Kier alpha value is -2.93. The molecule has 1 heterocycles. The van der Waals surface area contributed by atoms with Crippen molar-refractivity contribution in [2.45, 2.75) is 45.5 Å². The SMILES string of the molecule is C/C=C(CNc1ncc(C#N)c(N[C@H]2C[C@@H](O)C2(C)C)n1)\C(=C/C=N)C(F)(F)F. The van der Waals surface area contributed by atoms with Gasteiger partial charge in [-0.25, -0.2) is 4.98 Å². The molecule has 0 amide bonds. The second kappa shape index (κ2) is 8.61. The van der Waals surface area contributed by atoms with Crippen molar-refractivity contribution >= 4 is 18.0 Å². The van der Waals surface area contributed by atoms with Gasteiger partial charge in [0.2, 0.25) is 5.95 Å². The Kier molecular flexibility index (Phi) is 6.64. The number of rotatable bonds is 7. The summed E-state index contributed by atoms with van der Waals surface area (Å²) < 4.78 is 39.6. The summed E-state index contributed by atoms with van der Waals surface area (Å²) in [6.45, 7) is 5.03. The maximum atomic E-state index is 13.2. The summed E-state index contributed by atoms with van der Waals surface area (Å²) in [6.07, 6.45) is -0.713. The van der Waals surface area contributed by atoms with Gasteiger partial charge in [0.05, 0.1) is 17.9 Å². The summed E-state index contributed by atoms with van der Waals surface area (Å²) in [6, 6.07) is 1.87. The second-order valence-electron chi connectivity index (χ2n) is 7.25. The minimum Gasteiger partial charge on any atom is -0.392 e. The van der Waals surface area contributed by atoms with E-state index in [1.165, 1.54) is 19.2 Å². The Balaban J connectivity index is 2.18. The van der Waals surface area contributed by atoms with E-state index in [0.29, 0.717) is 18.7 Å². The van der Waals surface area contributed by atoms with Crippen molar-refractivity contribution in [2.75, 3.05) is 17.2 Å². The quantitative estimate of drug-likeness (QED) is 0.406. The molecule has 1 aromatic heterocycles. The minimum atomic E-state index is -4.60. The number of anilines is 2. The summed E-state index contributed by atoms with van der Waals surface area (Å²) in [5.74, 6) is 0.308. The fourth-order valence-electron chi connectivity index (χ4n) is 2.97. The number of aliphatic hydroxyl groups excluding tert-OH is 1. The highest BCUT2D eigenvalue weighted by atomic mass is 19.4. The highest BCUT2D eigenvalue weighted by molar-refractivity contribution is 5.71. The van der Waals surface area contributed by atoms with Gasteiger partial charge in [0.15, 0.2) is 0 Å². The van der Waals surface area contributed by atoms with Crippen LogP contribution in [0.2, 0.25) is 0 Å². The van der Waals surface area contributed by atoms with E-state index in [-0.39, 0.29) is 35.5 Å². The number of nitrogens with one attached hydrogen (secondary N) is 3. The average molecular weight is 408 g/mol. The smallest absolute Gasteiger partial charge is 0.392 e. The number of nitrogens with zero attached hydrogens (tertiary/aromatic N) is 3. The van der Waals surface area contributed by atoms with Crippen molar-refractivity contribution in [3.8, 4) is 6.07 Å². The molecule has 10 heteroatoms. The summed E-state index contributed by atoms with van der Waals surface area (Å²) in [5.41, 5.74) is -1.20. The number of aromatic nitrogens is 2. The van der Waals surface area contributed by atoms with Crippen LogP contribution in [0.1, 0.15) is 32.8 Å². The van der Waals surface area contributed by atoms with E-state index in [1.54, 1.807) is 0 Å². The zero-order valence-electron chi connectivity index (χ0n) is 16.3. The van der Waals surface area contributed by atoms with Gasteiger partial charge in [-0.1, -0.05) is 19.9 Å². The summed E-state index contributed by atoms with van der Waals surface area (Å²) >= 11 is 0. The number of hydrogen-bond acceptors (Lipinski definition) is 7. The van der Waals surface area contributed by atoms with Crippen LogP contribution in [0.15, 0.2) is 29.5 Å². The molecule has 0 aliphatic heterocycles. The highest BCUT2D eigenvalue weighted by Gasteiger charge is 2.47. The van der Waals surface area contributed by atoms with E-state index in [1.807, 2.05) is 19.9 Å². The average Bonchev–Trinajstić information content (AvgIpc) is 2.66. The number of nitriles is 1. The Morgan fingerprint density at radius 3 is 2.66 bits per heavy atom. The van der Waals surface area contributed by atoms with Crippen LogP contribution in [0.25, 0.3) is 0 Å². The predicted octanol–water partition coefficient (Wildman–Crippen LogP) is 3.42. The molecule has 0 aromatic carbocycles. The molecule has 2 rings (SSSR count). The van der Waals surface area contributed by atoms with E-state index < -0.39 is 23.3 Å². The molecule has 1 saturated carbocycles. The van der Waals surface area contributed by atoms with E-state index in [4.69, 9.17) is 5.41 Å². The molecular formula is C19H23F3N6O. The molecule has 1 aliphatic rings. The second-order valence-corrected chi connectivity index (χ2v) is 7.25. The van der Waals surface area contributed by atoms with Crippen LogP contribution in [0.4, 0.5) is 24.9 Å². The molecular weight excluding hydrogens is 385 g/mol. The molecule has 1 aliphatic carbocycles. The Labute approximate surface area is 166 Å². The van der Waals surface area contributed by atoms with Gasteiger partial charge in [-0.15, -0.1) is 0 Å². The van der Waals surface area contributed by atoms with Crippen molar-refractivity contribution in [3.63, 3.8) is 0 Å². The van der Waals surface area contributed by atoms with Crippen LogP contribution in [0, 0.1) is 22.2 Å². The van der Waals surface area contributed by atoms with Crippen LogP contribution in [0.5, 0.6) is 0 Å². The van der Waals surface area contributed by atoms with E-state index >= 15 is 0 Å². The largest absolute Gasteiger partial charge is 0.416 e. The van der Waals surface area contributed by atoms with Crippen LogP contribution < -0.4 is 10.6 Å². The van der Waals surface area contributed by atoms with Crippen LogP contribution >= 0.6 is 0 Å². The first-order valence-electron chi connectivity index (χ1n) is 8.93. The first kappa shape index (κ1) is 22.4. The number of halogens is 3. The third kappa shape index (κ3) is 4.92. The zero-order chi connectivity index (χ0) is 21.8. The van der Waals surface area contributed by atoms with Crippen molar-refractivity contribution < 1.29 is 18.3 Å². The lowest BCUT2D eigenvalue weighted by Crippen LogP contribution is -2.57. The molecule has 0 unspecified atom stereocenters. The molecule has 1 fully saturated rings. The third-order valence-corrected chi connectivity index (χ3v) is 5.12. The van der Waals surface area contributed by atoms with Crippen molar-refractivity contribution in [1.82, 2.24) is 9.97 Å². The molecule has 0 bridgehead atoms. The Bertz CT molecular complexity index is 870. The monoisotopic (exact) mass is 408 g/mol. The minimum absolute atomic E-state index is 0.0555. The zero-order valence-corrected chi connectivity index (χ0v) is 16.3. The van der Waals surface area contributed by atoms with Gasteiger partial charge in [-0.05, 0) is 25.0 Å². The summed E-state index contributed by atoms with van der Waals surface area (Å²) in [4.78, 5) is 8.20. The predicted molar refractivity (Wildman–Crippen MR) is 104 cm³/mol. The lowest BCUT2D eigenvalue weighted by molar-refractivity contribution is -0.0892. The van der Waals surface area contributed by atoms with E-state index in [2.05, 4.69) is 20.6 Å². The van der Waals surface area contributed by atoms with Gasteiger partial charge in [0.1, 0.15) is 17.5 Å². The maximum Gasteiger partial charge on any atom is 0.416 e. The van der Waals surface area contributed by atoms with E-state index in [9.17, 15) is 23.5 Å². The summed E-state index contributed by atoms with van der Waals surface area (Å²) in [5, 5.41) is 31.9. The lowest BCUT2D eigenvalue weighted by Gasteiger charge is -2.49. The molecule has 4 N–H and O–H groups in total. The van der Waals surface area contributed by atoms with Gasteiger partial charge in [-0.2, -0.15) is 23.4 Å². The number of alkyl halides is 3. The maximum absolute atomic E-state index is 13.2. The van der Waals surface area contributed by atoms with Crippen LogP contribution in [-0.2, 0) is 0 Å². The van der Waals surface area contributed by atoms with Crippen molar-refractivity contribution in [3.05, 3.63) is 35.1 Å². The van der Waals surface area contributed by atoms with Gasteiger partial charge in [0.25, 0.3) is 0 Å². The number of aliphatic hydroxyl groups is 1. The standard InChI is InChI=1S/C19H23F3N6O/c1-4-11(13(5-6-23)19(20,21)22)9-25-17-26-10-12(8-24)16(28-17)27-14-7-15(29)18(14,2)3/h4-6,10,14-15,23,29H,7,9H2,1-3H3,(H2,25,26,27,28)/b11-4-,13-5+,23-6?/t14-,15+/m0/s1. The van der Waals surface area contributed by atoms with Crippen LogP contribution in [-0.4, -0.2) is 46.2 Å². The molecule has 29 heavy (non-hydrogen) atoms. The normalized spacial score (nSPS) is 21.7. The summed E-state index contributed by atoms with van der Waals surface area (Å²) in [7, 11) is 0. The molecule has 0 spiro atoms. The molecule has 156 valence electrons. The van der Waals surface area contributed by atoms with Crippen LogP contribution in [0.3, 0.4) is 0 Å². The number of hydrogen-bond donors (Lipinski definition) is 4. The molecule has 0 radical (unpaired) electrons. The van der Waals surface area contributed by atoms with Gasteiger partial charge < -0.3 is 21.1 Å².